The van der Waals surface area contributed by atoms with E-state index in [4.69, 9.17) is 11.6 Å². The first-order valence-electron chi connectivity index (χ1n) is 8.25. The summed E-state index contributed by atoms with van der Waals surface area (Å²) in [7, 11) is 0. The van der Waals surface area contributed by atoms with Gasteiger partial charge in [-0.1, -0.05) is 23.7 Å². The van der Waals surface area contributed by atoms with Gasteiger partial charge in [0.15, 0.2) is 0 Å². The van der Waals surface area contributed by atoms with Crippen molar-refractivity contribution >= 4 is 34.7 Å². The standard InChI is InChI=1S/C18H19ClN4O3/c1-13-5-6-15(12-17(13)23(25)26)20-18(24)22-9-7-21(8-10-22)16-4-2-3-14(19)11-16/h2-6,11-12H,7-10H2,1H3,(H,20,24). The number of halogens is 1. The number of benzene rings is 2. The third kappa shape index (κ3) is 4.05. The predicted octanol–water partition coefficient (Wildman–Crippen LogP) is 3.91. The van der Waals surface area contributed by atoms with Gasteiger partial charge >= 0.3 is 6.03 Å². The lowest BCUT2D eigenvalue weighted by atomic mass is 10.2. The summed E-state index contributed by atoms with van der Waals surface area (Å²) in [6, 6.07) is 12.1. The summed E-state index contributed by atoms with van der Waals surface area (Å²) in [6.45, 7) is 4.18. The minimum absolute atomic E-state index is 0.00595. The van der Waals surface area contributed by atoms with Gasteiger partial charge in [0.05, 0.1) is 4.92 Å². The molecular formula is C18H19ClN4O3. The normalized spacial score (nSPS) is 14.2. The lowest BCUT2D eigenvalue weighted by Crippen LogP contribution is -2.50. The van der Waals surface area contributed by atoms with E-state index in [-0.39, 0.29) is 11.7 Å². The maximum Gasteiger partial charge on any atom is 0.321 e. The zero-order chi connectivity index (χ0) is 18.7. The molecular weight excluding hydrogens is 356 g/mol. The first-order chi connectivity index (χ1) is 12.4. The van der Waals surface area contributed by atoms with Crippen LogP contribution in [0.3, 0.4) is 0 Å². The molecule has 0 aliphatic carbocycles. The number of hydrogen-bond acceptors (Lipinski definition) is 4. The Hall–Kier alpha value is -2.80. The molecule has 1 aliphatic rings. The van der Waals surface area contributed by atoms with Gasteiger partial charge in [-0.25, -0.2) is 4.79 Å². The van der Waals surface area contributed by atoms with Gasteiger partial charge in [0.1, 0.15) is 0 Å². The number of nitrogens with one attached hydrogen (secondary N) is 1. The van der Waals surface area contributed by atoms with Crippen molar-refractivity contribution in [3.05, 3.63) is 63.2 Å². The van der Waals surface area contributed by atoms with Crippen LogP contribution in [0.25, 0.3) is 0 Å². The van der Waals surface area contributed by atoms with Crippen LogP contribution in [-0.2, 0) is 0 Å². The monoisotopic (exact) mass is 374 g/mol. The minimum atomic E-state index is -0.450. The number of anilines is 2. The Bertz CT molecular complexity index is 835. The zero-order valence-corrected chi connectivity index (χ0v) is 15.1. The second-order valence-corrected chi connectivity index (χ2v) is 6.58. The molecule has 26 heavy (non-hydrogen) atoms. The molecule has 0 spiro atoms. The highest BCUT2D eigenvalue weighted by Crippen LogP contribution is 2.23. The van der Waals surface area contributed by atoms with Crippen molar-refractivity contribution in [2.75, 3.05) is 36.4 Å². The Morgan fingerprint density at radius 1 is 1.15 bits per heavy atom. The zero-order valence-electron chi connectivity index (χ0n) is 14.3. The molecule has 0 atom stereocenters. The average Bonchev–Trinajstić information content (AvgIpc) is 2.63. The number of carbonyl (C=O) groups excluding carboxylic acids is 1. The van der Waals surface area contributed by atoms with Crippen LogP contribution in [0.5, 0.6) is 0 Å². The number of urea groups is 1. The molecule has 0 radical (unpaired) electrons. The number of nitrogens with zero attached hydrogens (tertiary/aromatic N) is 3. The molecule has 7 nitrogen and oxygen atoms in total. The average molecular weight is 375 g/mol. The number of nitro benzene ring substituents is 1. The highest BCUT2D eigenvalue weighted by molar-refractivity contribution is 6.30. The number of piperazine rings is 1. The van der Waals surface area contributed by atoms with E-state index in [2.05, 4.69) is 10.2 Å². The van der Waals surface area contributed by atoms with Crippen molar-refractivity contribution in [1.29, 1.82) is 0 Å². The second kappa shape index (κ2) is 7.61. The van der Waals surface area contributed by atoms with E-state index in [0.717, 1.165) is 5.69 Å². The van der Waals surface area contributed by atoms with E-state index in [1.807, 2.05) is 24.3 Å². The van der Waals surface area contributed by atoms with Gasteiger partial charge in [-0.2, -0.15) is 0 Å². The molecule has 136 valence electrons. The summed E-state index contributed by atoms with van der Waals surface area (Å²) >= 11 is 6.03. The number of carbonyl (C=O) groups is 1. The molecule has 0 aromatic heterocycles. The Kier molecular flexibility index (Phi) is 5.27. The Balaban J connectivity index is 1.60. The fraction of sp³-hybridized carbons (Fsp3) is 0.278. The van der Waals surface area contributed by atoms with Crippen LogP contribution < -0.4 is 10.2 Å². The molecule has 1 heterocycles. The molecule has 0 saturated carbocycles. The van der Waals surface area contributed by atoms with Crippen molar-refractivity contribution in [3.63, 3.8) is 0 Å². The topological polar surface area (TPSA) is 78.7 Å². The minimum Gasteiger partial charge on any atom is -0.368 e. The predicted molar refractivity (Wildman–Crippen MR) is 102 cm³/mol. The van der Waals surface area contributed by atoms with Gasteiger partial charge in [0, 0.05) is 54.2 Å². The highest BCUT2D eigenvalue weighted by atomic mass is 35.5. The maximum absolute atomic E-state index is 12.4. The molecule has 2 aromatic carbocycles. The van der Waals surface area contributed by atoms with Crippen molar-refractivity contribution in [2.24, 2.45) is 0 Å². The molecule has 1 aliphatic heterocycles. The molecule has 1 fully saturated rings. The van der Waals surface area contributed by atoms with E-state index >= 15 is 0 Å². The largest absolute Gasteiger partial charge is 0.368 e. The van der Waals surface area contributed by atoms with Gasteiger partial charge in [-0.3, -0.25) is 10.1 Å². The lowest BCUT2D eigenvalue weighted by Gasteiger charge is -2.36. The summed E-state index contributed by atoms with van der Waals surface area (Å²) in [4.78, 5) is 26.9. The van der Waals surface area contributed by atoms with Crippen LogP contribution >= 0.6 is 11.6 Å². The highest BCUT2D eigenvalue weighted by Gasteiger charge is 2.22. The Morgan fingerprint density at radius 3 is 2.54 bits per heavy atom. The van der Waals surface area contributed by atoms with Gasteiger partial charge in [0.25, 0.3) is 5.69 Å². The van der Waals surface area contributed by atoms with Gasteiger partial charge < -0.3 is 15.1 Å². The van der Waals surface area contributed by atoms with Gasteiger partial charge in [-0.05, 0) is 31.2 Å². The quantitative estimate of drug-likeness (QED) is 0.652. The fourth-order valence-electron chi connectivity index (χ4n) is 2.93. The van der Waals surface area contributed by atoms with Crippen molar-refractivity contribution in [2.45, 2.75) is 6.92 Å². The third-order valence-corrected chi connectivity index (χ3v) is 4.63. The number of amides is 2. The molecule has 1 N–H and O–H groups in total. The number of rotatable bonds is 3. The second-order valence-electron chi connectivity index (χ2n) is 6.14. The van der Waals surface area contributed by atoms with E-state index in [0.29, 0.717) is 42.5 Å². The van der Waals surface area contributed by atoms with Crippen LogP contribution in [0, 0.1) is 17.0 Å². The summed E-state index contributed by atoms with van der Waals surface area (Å²) in [5, 5.41) is 14.4. The lowest BCUT2D eigenvalue weighted by molar-refractivity contribution is -0.385. The summed E-state index contributed by atoms with van der Waals surface area (Å²) in [6.07, 6.45) is 0. The van der Waals surface area contributed by atoms with Gasteiger partial charge in [-0.15, -0.1) is 0 Å². The Labute approximate surface area is 156 Å². The molecule has 2 amide bonds. The Morgan fingerprint density at radius 2 is 1.88 bits per heavy atom. The summed E-state index contributed by atoms with van der Waals surface area (Å²) in [5.74, 6) is 0. The first kappa shape index (κ1) is 18.0. The van der Waals surface area contributed by atoms with Crippen LogP contribution in [0.4, 0.5) is 21.9 Å². The SMILES string of the molecule is Cc1ccc(NC(=O)N2CCN(c3cccc(Cl)c3)CC2)cc1[N+](=O)[O-]. The van der Waals surface area contributed by atoms with Crippen molar-refractivity contribution in [3.8, 4) is 0 Å². The van der Waals surface area contributed by atoms with Gasteiger partial charge in [0.2, 0.25) is 0 Å². The molecule has 8 heteroatoms. The molecule has 0 bridgehead atoms. The molecule has 2 aromatic rings. The first-order valence-corrected chi connectivity index (χ1v) is 8.63. The molecule has 3 rings (SSSR count). The number of nitro groups is 1. The van der Waals surface area contributed by atoms with E-state index in [1.165, 1.54) is 6.07 Å². The van der Waals surface area contributed by atoms with E-state index in [1.54, 1.807) is 24.0 Å². The summed E-state index contributed by atoms with van der Waals surface area (Å²) in [5.41, 5.74) is 2.01. The van der Waals surface area contributed by atoms with Crippen LogP contribution in [0.1, 0.15) is 5.56 Å². The number of aryl methyl sites for hydroxylation is 1. The fourth-order valence-corrected chi connectivity index (χ4v) is 3.11. The third-order valence-electron chi connectivity index (χ3n) is 4.40. The molecule has 1 saturated heterocycles. The summed E-state index contributed by atoms with van der Waals surface area (Å²) < 4.78 is 0. The van der Waals surface area contributed by atoms with E-state index < -0.39 is 4.92 Å². The van der Waals surface area contributed by atoms with Crippen molar-refractivity contribution in [1.82, 2.24) is 4.90 Å². The van der Waals surface area contributed by atoms with Crippen LogP contribution in [0.15, 0.2) is 42.5 Å². The van der Waals surface area contributed by atoms with Crippen LogP contribution in [-0.4, -0.2) is 42.0 Å². The van der Waals surface area contributed by atoms with Crippen molar-refractivity contribution < 1.29 is 9.72 Å². The smallest absolute Gasteiger partial charge is 0.321 e. The van der Waals surface area contributed by atoms with Crippen LogP contribution in [0.2, 0.25) is 5.02 Å². The maximum atomic E-state index is 12.4. The molecule has 0 unspecified atom stereocenters. The van der Waals surface area contributed by atoms with E-state index in [9.17, 15) is 14.9 Å². The number of hydrogen-bond donors (Lipinski definition) is 1.